The Kier molecular flexibility index (Phi) is 5.85. The summed E-state index contributed by atoms with van der Waals surface area (Å²) in [5.41, 5.74) is 7.19. The van der Waals surface area contributed by atoms with Crippen LogP contribution in [0.4, 0.5) is 0 Å². The minimum Gasteiger partial charge on any atom is -0.409 e. The molecule has 0 radical (unpaired) electrons. The van der Waals surface area contributed by atoms with Crippen molar-refractivity contribution in [3.8, 4) is 0 Å². The molecule has 1 unspecified atom stereocenters. The van der Waals surface area contributed by atoms with E-state index in [9.17, 15) is 0 Å². The molecule has 0 bridgehead atoms. The predicted molar refractivity (Wildman–Crippen MR) is 85.9 cm³/mol. The number of piperidine rings is 1. The Hall–Kier alpha value is -1.30. The van der Waals surface area contributed by atoms with Gasteiger partial charge >= 0.3 is 0 Å². The number of likely N-dealkylation sites (tertiary alicyclic amines) is 1. The fourth-order valence-corrected chi connectivity index (χ4v) is 3.01. The van der Waals surface area contributed by atoms with Crippen molar-refractivity contribution in [2.24, 2.45) is 16.8 Å². The smallest absolute Gasteiger partial charge is 0.170 e. The summed E-state index contributed by atoms with van der Waals surface area (Å²) in [5.74, 6) is 0.778. The molecule has 6 heteroatoms. The molecule has 1 fully saturated rings. The van der Waals surface area contributed by atoms with E-state index in [1.54, 1.807) is 6.07 Å². The molecule has 21 heavy (non-hydrogen) atoms. The molecule has 0 saturated carbocycles. The van der Waals surface area contributed by atoms with Crippen LogP contribution in [0.1, 0.15) is 24.0 Å². The number of amidine groups is 1. The van der Waals surface area contributed by atoms with Gasteiger partial charge in [-0.2, -0.15) is 0 Å². The van der Waals surface area contributed by atoms with E-state index in [1.165, 1.54) is 19.4 Å². The van der Waals surface area contributed by atoms with E-state index in [-0.39, 0.29) is 5.84 Å². The summed E-state index contributed by atoms with van der Waals surface area (Å²) in [6.45, 7) is 4.10. The van der Waals surface area contributed by atoms with Crippen molar-refractivity contribution < 1.29 is 5.21 Å². The van der Waals surface area contributed by atoms with Gasteiger partial charge in [-0.15, -0.1) is 0 Å². The molecule has 2 rings (SSSR count). The van der Waals surface area contributed by atoms with Gasteiger partial charge in [0.1, 0.15) is 0 Å². The van der Waals surface area contributed by atoms with Crippen molar-refractivity contribution in [2.75, 3.05) is 26.7 Å². The van der Waals surface area contributed by atoms with E-state index in [2.05, 4.69) is 22.4 Å². The summed E-state index contributed by atoms with van der Waals surface area (Å²) in [6, 6.07) is 5.45. The van der Waals surface area contributed by atoms with Crippen LogP contribution in [0.25, 0.3) is 0 Å². The average Bonchev–Trinajstić information content (AvgIpc) is 2.48. The second-order valence-corrected chi connectivity index (χ2v) is 6.10. The molecule has 4 N–H and O–H groups in total. The van der Waals surface area contributed by atoms with Gasteiger partial charge in [0.05, 0.1) is 0 Å². The van der Waals surface area contributed by atoms with Gasteiger partial charge in [0.25, 0.3) is 0 Å². The molecule has 1 aliphatic heterocycles. The van der Waals surface area contributed by atoms with Crippen LogP contribution in [0.2, 0.25) is 5.02 Å². The monoisotopic (exact) mass is 310 g/mol. The highest BCUT2D eigenvalue weighted by Gasteiger charge is 2.16. The lowest BCUT2D eigenvalue weighted by atomic mass is 9.98. The first-order chi connectivity index (χ1) is 10.1. The zero-order valence-corrected chi connectivity index (χ0v) is 13.1. The third-order valence-corrected chi connectivity index (χ3v) is 4.28. The minimum atomic E-state index is 0.0710. The standard InChI is InChI=1S/C15H23ClN4O/c1-20-6-2-3-11(10-20)8-18-9-13-5-4-12(7-14(13)16)15(17)19-21/h4-5,7,11,18,21H,2-3,6,8-10H2,1H3,(H2,17,19). The molecule has 116 valence electrons. The Morgan fingerprint density at radius 1 is 1.57 bits per heavy atom. The van der Waals surface area contributed by atoms with Crippen molar-refractivity contribution >= 4 is 17.4 Å². The maximum Gasteiger partial charge on any atom is 0.170 e. The SMILES string of the molecule is CN1CCCC(CNCc2ccc(/C(N)=N/O)cc2Cl)C1. The van der Waals surface area contributed by atoms with Gasteiger partial charge in [0.15, 0.2) is 5.84 Å². The summed E-state index contributed by atoms with van der Waals surface area (Å²) in [7, 11) is 2.18. The van der Waals surface area contributed by atoms with E-state index < -0.39 is 0 Å². The fourth-order valence-electron chi connectivity index (χ4n) is 2.76. The number of oxime groups is 1. The van der Waals surface area contributed by atoms with Crippen LogP contribution in [-0.4, -0.2) is 42.6 Å². The summed E-state index contributed by atoms with van der Waals surface area (Å²) in [4.78, 5) is 2.38. The topological polar surface area (TPSA) is 73.9 Å². The molecular formula is C15H23ClN4O. The van der Waals surface area contributed by atoms with Crippen molar-refractivity contribution in [1.82, 2.24) is 10.2 Å². The maximum atomic E-state index is 8.66. The third-order valence-electron chi connectivity index (χ3n) is 3.93. The molecule has 1 aliphatic rings. The van der Waals surface area contributed by atoms with Crippen molar-refractivity contribution in [2.45, 2.75) is 19.4 Å². The second kappa shape index (κ2) is 7.64. The number of nitrogens with zero attached hydrogens (tertiary/aromatic N) is 2. The molecule has 1 saturated heterocycles. The van der Waals surface area contributed by atoms with Gasteiger partial charge in [0.2, 0.25) is 0 Å². The van der Waals surface area contributed by atoms with Crippen LogP contribution >= 0.6 is 11.6 Å². The number of halogens is 1. The van der Waals surface area contributed by atoms with Crippen LogP contribution in [0.5, 0.6) is 0 Å². The number of nitrogens with one attached hydrogen (secondary N) is 1. The molecule has 5 nitrogen and oxygen atoms in total. The second-order valence-electron chi connectivity index (χ2n) is 5.69. The minimum absolute atomic E-state index is 0.0710. The van der Waals surface area contributed by atoms with Crippen molar-refractivity contribution in [3.63, 3.8) is 0 Å². The number of hydrogen-bond donors (Lipinski definition) is 3. The van der Waals surface area contributed by atoms with Crippen LogP contribution in [0.3, 0.4) is 0 Å². The molecule has 0 aromatic heterocycles. The van der Waals surface area contributed by atoms with E-state index >= 15 is 0 Å². The number of nitrogens with two attached hydrogens (primary N) is 1. The molecule has 1 heterocycles. The molecule has 1 aromatic carbocycles. The molecule has 0 aliphatic carbocycles. The fraction of sp³-hybridized carbons (Fsp3) is 0.533. The lowest BCUT2D eigenvalue weighted by Crippen LogP contribution is -2.37. The lowest BCUT2D eigenvalue weighted by Gasteiger charge is -2.29. The van der Waals surface area contributed by atoms with Gasteiger partial charge in [0, 0.05) is 23.7 Å². The Balaban J connectivity index is 1.86. The quantitative estimate of drug-likeness (QED) is 0.336. The highest BCUT2D eigenvalue weighted by molar-refractivity contribution is 6.31. The van der Waals surface area contributed by atoms with Gasteiger partial charge in [-0.3, -0.25) is 0 Å². The molecule has 1 atom stereocenters. The molecule has 1 aromatic rings. The first-order valence-corrected chi connectivity index (χ1v) is 7.63. The van der Waals surface area contributed by atoms with Crippen LogP contribution in [-0.2, 0) is 6.54 Å². The molecule has 0 spiro atoms. The van der Waals surface area contributed by atoms with Crippen molar-refractivity contribution in [1.29, 1.82) is 0 Å². The Morgan fingerprint density at radius 3 is 3.05 bits per heavy atom. The highest BCUT2D eigenvalue weighted by Crippen LogP contribution is 2.19. The van der Waals surface area contributed by atoms with Crippen LogP contribution < -0.4 is 11.1 Å². The summed E-state index contributed by atoms with van der Waals surface area (Å²) in [6.07, 6.45) is 2.56. The zero-order chi connectivity index (χ0) is 15.2. The summed E-state index contributed by atoms with van der Waals surface area (Å²) < 4.78 is 0. The van der Waals surface area contributed by atoms with E-state index in [0.29, 0.717) is 16.5 Å². The summed E-state index contributed by atoms with van der Waals surface area (Å²) in [5, 5.41) is 15.7. The zero-order valence-electron chi connectivity index (χ0n) is 12.3. The van der Waals surface area contributed by atoms with Crippen LogP contribution in [0.15, 0.2) is 23.4 Å². The molecular weight excluding hydrogens is 288 g/mol. The Bertz CT molecular complexity index is 506. The number of rotatable bonds is 5. The van der Waals surface area contributed by atoms with E-state index in [1.807, 2.05) is 12.1 Å². The summed E-state index contributed by atoms with van der Waals surface area (Å²) >= 11 is 6.23. The van der Waals surface area contributed by atoms with Crippen LogP contribution in [0, 0.1) is 5.92 Å². The van der Waals surface area contributed by atoms with Gasteiger partial charge in [-0.05, 0) is 50.5 Å². The van der Waals surface area contributed by atoms with Gasteiger partial charge in [-0.25, -0.2) is 0 Å². The van der Waals surface area contributed by atoms with Gasteiger partial charge < -0.3 is 21.2 Å². The van der Waals surface area contributed by atoms with Gasteiger partial charge in [-0.1, -0.05) is 28.9 Å². The number of benzene rings is 1. The maximum absolute atomic E-state index is 8.66. The number of hydrogen-bond acceptors (Lipinski definition) is 4. The normalized spacial score (nSPS) is 20.7. The lowest BCUT2D eigenvalue weighted by molar-refractivity contribution is 0.206. The Morgan fingerprint density at radius 2 is 2.38 bits per heavy atom. The molecule has 0 amide bonds. The average molecular weight is 311 g/mol. The Labute approximate surface area is 130 Å². The predicted octanol–water partition coefficient (Wildman–Crippen LogP) is 1.87. The first kappa shape index (κ1) is 16.1. The van der Waals surface area contributed by atoms with E-state index in [4.69, 9.17) is 22.5 Å². The first-order valence-electron chi connectivity index (χ1n) is 7.25. The van der Waals surface area contributed by atoms with E-state index in [0.717, 1.165) is 25.2 Å². The highest BCUT2D eigenvalue weighted by atomic mass is 35.5. The largest absolute Gasteiger partial charge is 0.409 e. The third kappa shape index (κ3) is 4.59. The van der Waals surface area contributed by atoms with Crippen molar-refractivity contribution in [3.05, 3.63) is 34.3 Å².